The van der Waals surface area contributed by atoms with E-state index in [1.807, 2.05) is 0 Å². The number of fused-ring (bicyclic) bond motifs is 1. The molecule has 0 bridgehead atoms. The van der Waals surface area contributed by atoms with Crippen molar-refractivity contribution in [2.75, 3.05) is 6.54 Å². The number of nitrogens with one attached hydrogen (secondary N) is 2. The van der Waals surface area contributed by atoms with Gasteiger partial charge in [0.05, 0.1) is 0 Å². The largest absolute Gasteiger partial charge is 0.361 e. The summed E-state index contributed by atoms with van der Waals surface area (Å²) < 4.78 is 0. The van der Waals surface area contributed by atoms with Crippen LogP contribution in [-0.4, -0.2) is 17.4 Å². The highest BCUT2D eigenvalue weighted by Gasteiger charge is 2.16. The Morgan fingerprint density at radius 1 is 1.23 bits per heavy atom. The zero-order valence-corrected chi connectivity index (χ0v) is 14.0. The third-order valence-electron chi connectivity index (χ3n) is 4.26. The van der Waals surface area contributed by atoms with Crippen LogP contribution in [0.2, 0.25) is 0 Å². The van der Waals surface area contributed by atoms with Gasteiger partial charge in [-0.15, -0.1) is 0 Å². The minimum Gasteiger partial charge on any atom is -0.361 e. The van der Waals surface area contributed by atoms with E-state index in [9.17, 15) is 4.79 Å². The molecule has 1 amide bonds. The van der Waals surface area contributed by atoms with Crippen LogP contribution in [-0.2, 0) is 11.2 Å². The lowest BCUT2D eigenvalue weighted by molar-refractivity contribution is -0.125. The van der Waals surface area contributed by atoms with Crippen molar-refractivity contribution >= 4 is 16.8 Å². The smallest absolute Gasteiger partial charge is 0.223 e. The molecule has 0 aliphatic carbocycles. The first-order chi connectivity index (χ1) is 10.7. The maximum absolute atomic E-state index is 12.3. The van der Waals surface area contributed by atoms with Gasteiger partial charge in [0, 0.05) is 29.6 Å². The molecular formula is C19H28N2O. The fourth-order valence-corrected chi connectivity index (χ4v) is 3.07. The van der Waals surface area contributed by atoms with E-state index < -0.39 is 0 Å². The number of hydrogen-bond donors (Lipinski definition) is 2. The average molecular weight is 300 g/mol. The molecule has 0 atom stereocenters. The molecule has 3 nitrogen and oxygen atoms in total. The second-order valence-corrected chi connectivity index (χ2v) is 6.18. The Kier molecular flexibility index (Phi) is 6.05. The van der Waals surface area contributed by atoms with Gasteiger partial charge >= 0.3 is 0 Å². The summed E-state index contributed by atoms with van der Waals surface area (Å²) in [6.07, 6.45) is 7.06. The van der Waals surface area contributed by atoms with Gasteiger partial charge in [0.2, 0.25) is 5.91 Å². The highest BCUT2D eigenvalue weighted by molar-refractivity contribution is 5.84. The summed E-state index contributed by atoms with van der Waals surface area (Å²) in [4.78, 5) is 15.6. The molecule has 0 aliphatic heterocycles. The molecule has 1 aromatic carbocycles. The zero-order chi connectivity index (χ0) is 15.9. The summed E-state index contributed by atoms with van der Waals surface area (Å²) in [5, 5.41) is 4.39. The van der Waals surface area contributed by atoms with E-state index in [4.69, 9.17) is 0 Å². The highest BCUT2D eigenvalue weighted by atomic mass is 16.1. The van der Waals surface area contributed by atoms with Crippen LogP contribution in [0, 0.1) is 12.8 Å². The Hall–Kier alpha value is -1.77. The SMILES string of the molecule is CCCC(CCC)C(=O)NCCc1c[nH]c2ccc(C)cc12. The minimum atomic E-state index is 0.181. The van der Waals surface area contributed by atoms with Gasteiger partial charge in [-0.25, -0.2) is 0 Å². The van der Waals surface area contributed by atoms with E-state index in [-0.39, 0.29) is 11.8 Å². The molecule has 0 radical (unpaired) electrons. The fourth-order valence-electron chi connectivity index (χ4n) is 3.07. The second-order valence-electron chi connectivity index (χ2n) is 6.18. The number of amides is 1. The lowest BCUT2D eigenvalue weighted by Crippen LogP contribution is -2.32. The number of H-pyrrole nitrogens is 1. The maximum Gasteiger partial charge on any atom is 0.223 e. The number of benzene rings is 1. The van der Waals surface area contributed by atoms with Gasteiger partial charge in [0.15, 0.2) is 0 Å². The topological polar surface area (TPSA) is 44.9 Å². The van der Waals surface area contributed by atoms with Crippen molar-refractivity contribution in [3.8, 4) is 0 Å². The van der Waals surface area contributed by atoms with Crippen molar-refractivity contribution in [2.45, 2.75) is 52.9 Å². The van der Waals surface area contributed by atoms with Crippen molar-refractivity contribution < 1.29 is 4.79 Å². The summed E-state index contributed by atoms with van der Waals surface area (Å²) in [6, 6.07) is 6.44. The predicted molar refractivity (Wildman–Crippen MR) is 93.1 cm³/mol. The van der Waals surface area contributed by atoms with Crippen LogP contribution in [0.5, 0.6) is 0 Å². The van der Waals surface area contributed by atoms with Crippen LogP contribution in [0.3, 0.4) is 0 Å². The molecule has 0 spiro atoms. The summed E-state index contributed by atoms with van der Waals surface area (Å²) in [5.74, 6) is 0.403. The summed E-state index contributed by atoms with van der Waals surface area (Å²) in [5.41, 5.74) is 3.71. The van der Waals surface area contributed by atoms with Gasteiger partial charge in [-0.1, -0.05) is 38.3 Å². The fraction of sp³-hybridized carbons (Fsp3) is 0.526. The van der Waals surface area contributed by atoms with Crippen LogP contribution in [0.15, 0.2) is 24.4 Å². The standard InChI is InChI=1S/C19H28N2O/c1-4-6-15(7-5-2)19(22)20-11-10-16-13-21-18-9-8-14(3)12-17(16)18/h8-9,12-13,15,21H,4-7,10-11H2,1-3H3,(H,20,22). The Morgan fingerprint density at radius 3 is 2.64 bits per heavy atom. The summed E-state index contributed by atoms with van der Waals surface area (Å²) >= 11 is 0. The minimum absolute atomic E-state index is 0.181. The van der Waals surface area contributed by atoms with E-state index in [2.05, 4.69) is 55.5 Å². The lowest BCUT2D eigenvalue weighted by Gasteiger charge is -2.15. The molecular weight excluding hydrogens is 272 g/mol. The van der Waals surface area contributed by atoms with Crippen LogP contribution in [0.4, 0.5) is 0 Å². The summed E-state index contributed by atoms with van der Waals surface area (Å²) in [6.45, 7) is 7.11. The number of carbonyl (C=O) groups excluding carboxylic acids is 1. The van der Waals surface area contributed by atoms with Crippen molar-refractivity contribution in [1.82, 2.24) is 10.3 Å². The highest BCUT2D eigenvalue weighted by Crippen LogP contribution is 2.20. The van der Waals surface area contributed by atoms with E-state index in [0.29, 0.717) is 6.54 Å². The average Bonchev–Trinajstić information content (AvgIpc) is 2.89. The normalized spacial score (nSPS) is 11.3. The van der Waals surface area contributed by atoms with Gasteiger partial charge in [0.1, 0.15) is 0 Å². The van der Waals surface area contributed by atoms with Crippen molar-refractivity contribution in [3.63, 3.8) is 0 Å². The molecule has 22 heavy (non-hydrogen) atoms. The van der Waals surface area contributed by atoms with Crippen LogP contribution in [0.1, 0.15) is 50.7 Å². The molecule has 0 saturated heterocycles. The van der Waals surface area contributed by atoms with Crippen molar-refractivity contribution in [1.29, 1.82) is 0 Å². The predicted octanol–water partition coefficient (Wildman–Crippen LogP) is 4.35. The summed E-state index contributed by atoms with van der Waals surface area (Å²) in [7, 11) is 0. The first-order valence-corrected chi connectivity index (χ1v) is 8.50. The zero-order valence-electron chi connectivity index (χ0n) is 14.0. The number of hydrogen-bond acceptors (Lipinski definition) is 1. The Bertz CT molecular complexity index is 609. The molecule has 0 unspecified atom stereocenters. The third-order valence-corrected chi connectivity index (χ3v) is 4.26. The van der Waals surface area contributed by atoms with Crippen molar-refractivity contribution in [3.05, 3.63) is 35.5 Å². The molecule has 1 heterocycles. The number of aromatic nitrogens is 1. The number of rotatable bonds is 8. The van der Waals surface area contributed by atoms with Gasteiger partial charge in [0.25, 0.3) is 0 Å². The Labute approximate surface area is 133 Å². The van der Waals surface area contributed by atoms with Gasteiger partial charge < -0.3 is 10.3 Å². The van der Waals surface area contributed by atoms with Crippen LogP contribution >= 0.6 is 0 Å². The quantitative estimate of drug-likeness (QED) is 0.748. The molecule has 2 aromatic rings. The molecule has 2 N–H and O–H groups in total. The molecule has 0 fully saturated rings. The molecule has 0 aliphatic rings. The first kappa shape index (κ1) is 16.6. The number of aromatic amines is 1. The van der Waals surface area contributed by atoms with E-state index >= 15 is 0 Å². The van der Waals surface area contributed by atoms with Gasteiger partial charge in [-0.05, 0) is 43.9 Å². The van der Waals surface area contributed by atoms with Gasteiger partial charge in [-0.3, -0.25) is 4.79 Å². The first-order valence-electron chi connectivity index (χ1n) is 8.50. The van der Waals surface area contributed by atoms with Crippen molar-refractivity contribution in [2.24, 2.45) is 5.92 Å². The van der Waals surface area contributed by atoms with Crippen LogP contribution in [0.25, 0.3) is 10.9 Å². The molecule has 2 rings (SSSR count). The number of carbonyl (C=O) groups is 1. The lowest BCUT2D eigenvalue weighted by atomic mass is 9.97. The van der Waals surface area contributed by atoms with E-state index in [1.54, 1.807) is 0 Å². The van der Waals surface area contributed by atoms with E-state index in [1.165, 1.54) is 22.0 Å². The number of aryl methyl sites for hydroxylation is 1. The Morgan fingerprint density at radius 2 is 1.95 bits per heavy atom. The maximum atomic E-state index is 12.3. The van der Waals surface area contributed by atoms with Crippen LogP contribution < -0.4 is 5.32 Å². The van der Waals surface area contributed by atoms with E-state index in [0.717, 1.165) is 32.1 Å². The Balaban J connectivity index is 1.91. The molecule has 120 valence electrons. The molecule has 3 heteroatoms. The third kappa shape index (κ3) is 4.12. The second kappa shape index (κ2) is 8.02. The molecule has 0 saturated carbocycles. The molecule has 1 aromatic heterocycles. The monoisotopic (exact) mass is 300 g/mol. The van der Waals surface area contributed by atoms with Gasteiger partial charge in [-0.2, -0.15) is 0 Å².